The van der Waals surface area contributed by atoms with E-state index >= 15 is 0 Å². The van der Waals surface area contributed by atoms with E-state index in [0.717, 1.165) is 72.2 Å². The van der Waals surface area contributed by atoms with E-state index < -0.39 is 0 Å². The fraction of sp³-hybridized carbons (Fsp3) is 0. The summed E-state index contributed by atoms with van der Waals surface area (Å²) in [4.78, 5) is 15.5. The van der Waals surface area contributed by atoms with E-state index in [1.807, 2.05) is 36.4 Å². The van der Waals surface area contributed by atoms with Crippen molar-refractivity contribution in [2.75, 3.05) is 0 Å². The number of hydrogen-bond acceptors (Lipinski definition) is 5. The predicted octanol–water partition coefficient (Wildman–Crippen LogP) is 13.0. The van der Waals surface area contributed by atoms with Gasteiger partial charge in [0.05, 0.1) is 11.4 Å². The molecule has 10 rings (SSSR count). The summed E-state index contributed by atoms with van der Waals surface area (Å²) in [6.07, 6.45) is 0. The number of benzene rings is 7. The molecule has 3 heterocycles. The molecule has 0 aliphatic rings. The van der Waals surface area contributed by atoms with Crippen LogP contribution in [0.3, 0.4) is 0 Å². The molecule has 10 aromatic rings. The number of oxazole rings is 1. The largest absolute Gasteiger partial charge is 0.436 e. The van der Waals surface area contributed by atoms with Crippen LogP contribution in [0.15, 0.2) is 180 Å². The van der Waals surface area contributed by atoms with E-state index in [1.54, 1.807) is 11.3 Å². The third-order valence-corrected chi connectivity index (χ3v) is 10.7. The summed E-state index contributed by atoms with van der Waals surface area (Å²) in [6.45, 7) is 0. The van der Waals surface area contributed by atoms with Crippen LogP contribution in [0.2, 0.25) is 0 Å². The molecule has 0 N–H and O–H groups in total. The molecule has 52 heavy (non-hydrogen) atoms. The Balaban J connectivity index is 1.19. The van der Waals surface area contributed by atoms with Crippen LogP contribution in [0.25, 0.3) is 98.9 Å². The second-order valence-corrected chi connectivity index (χ2v) is 13.9. The zero-order chi connectivity index (χ0) is 34.4. The van der Waals surface area contributed by atoms with Crippen molar-refractivity contribution in [1.29, 1.82) is 0 Å². The molecule has 0 amide bonds. The van der Waals surface area contributed by atoms with Gasteiger partial charge in [-0.1, -0.05) is 133 Å². The first-order chi connectivity index (χ1) is 25.7. The van der Waals surface area contributed by atoms with E-state index in [2.05, 4.69) is 140 Å². The molecule has 244 valence electrons. The number of thiophene rings is 1. The minimum atomic E-state index is 0.613. The fourth-order valence-corrected chi connectivity index (χ4v) is 8.20. The lowest BCUT2D eigenvalue weighted by Gasteiger charge is -2.12. The third kappa shape index (κ3) is 5.36. The van der Waals surface area contributed by atoms with Crippen molar-refractivity contribution in [1.82, 2.24) is 15.0 Å². The zero-order valence-corrected chi connectivity index (χ0v) is 28.7. The highest BCUT2D eigenvalue weighted by Crippen LogP contribution is 2.45. The van der Waals surface area contributed by atoms with Gasteiger partial charge in [-0.05, 0) is 64.7 Å². The SMILES string of the molecule is c1ccc(-c2ccc(-c3cc(-c4cccc5sc6cccc(-c7nc8ccccc8o7)c6c45)nc(-c4cccc(-c5ccccc5)c4)n3)cc2)cc1. The lowest BCUT2D eigenvalue weighted by atomic mass is 9.98. The molecule has 0 saturated carbocycles. The van der Waals surface area contributed by atoms with Crippen molar-refractivity contribution in [3.05, 3.63) is 176 Å². The highest BCUT2D eigenvalue weighted by molar-refractivity contribution is 7.26. The van der Waals surface area contributed by atoms with Crippen LogP contribution >= 0.6 is 11.3 Å². The molecule has 0 spiro atoms. The molecule has 0 unspecified atom stereocenters. The lowest BCUT2D eigenvalue weighted by Crippen LogP contribution is -1.96. The minimum Gasteiger partial charge on any atom is -0.436 e. The van der Waals surface area contributed by atoms with E-state index in [-0.39, 0.29) is 0 Å². The monoisotopic (exact) mass is 683 g/mol. The first-order valence-corrected chi connectivity index (χ1v) is 18.1. The van der Waals surface area contributed by atoms with Crippen LogP contribution in [-0.4, -0.2) is 15.0 Å². The quantitative estimate of drug-likeness (QED) is 0.175. The van der Waals surface area contributed by atoms with Gasteiger partial charge in [-0.25, -0.2) is 15.0 Å². The fourth-order valence-electron chi connectivity index (χ4n) is 7.04. The number of para-hydroxylation sites is 2. The lowest BCUT2D eigenvalue weighted by molar-refractivity contribution is 0.620. The number of rotatable bonds is 6. The summed E-state index contributed by atoms with van der Waals surface area (Å²) in [6, 6.07) is 60.9. The molecule has 0 bridgehead atoms. The molecule has 0 aliphatic heterocycles. The van der Waals surface area contributed by atoms with Gasteiger partial charge in [-0.3, -0.25) is 0 Å². The van der Waals surface area contributed by atoms with Crippen LogP contribution in [0.1, 0.15) is 0 Å². The molecular weight excluding hydrogens is 655 g/mol. The maximum Gasteiger partial charge on any atom is 0.227 e. The van der Waals surface area contributed by atoms with E-state index in [4.69, 9.17) is 19.4 Å². The number of fused-ring (bicyclic) bond motifs is 4. The summed E-state index contributed by atoms with van der Waals surface area (Å²) < 4.78 is 8.68. The van der Waals surface area contributed by atoms with Crippen LogP contribution in [0.5, 0.6) is 0 Å². The summed E-state index contributed by atoms with van der Waals surface area (Å²) in [7, 11) is 0. The van der Waals surface area contributed by atoms with Gasteiger partial charge in [0.15, 0.2) is 11.4 Å². The van der Waals surface area contributed by atoms with Crippen LogP contribution in [-0.2, 0) is 0 Å². The molecule has 0 saturated heterocycles. The molecule has 4 nitrogen and oxygen atoms in total. The predicted molar refractivity (Wildman–Crippen MR) is 215 cm³/mol. The Bertz CT molecular complexity index is 2860. The third-order valence-electron chi connectivity index (χ3n) is 9.56. The van der Waals surface area contributed by atoms with Gasteiger partial charge in [-0.2, -0.15) is 0 Å². The van der Waals surface area contributed by atoms with Crippen molar-refractivity contribution >= 4 is 42.6 Å². The summed E-state index contributed by atoms with van der Waals surface area (Å²) in [5, 5.41) is 2.25. The van der Waals surface area contributed by atoms with E-state index in [9.17, 15) is 0 Å². The van der Waals surface area contributed by atoms with Crippen molar-refractivity contribution < 1.29 is 4.42 Å². The average molecular weight is 684 g/mol. The smallest absolute Gasteiger partial charge is 0.227 e. The summed E-state index contributed by atoms with van der Waals surface area (Å²) in [5.41, 5.74) is 11.9. The highest BCUT2D eigenvalue weighted by atomic mass is 32.1. The molecular formula is C47H29N3OS. The van der Waals surface area contributed by atoms with Gasteiger partial charge < -0.3 is 4.42 Å². The Morgan fingerprint density at radius 1 is 0.385 bits per heavy atom. The van der Waals surface area contributed by atoms with Gasteiger partial charge in [0.2, 0.25) is 5.89 Å². The summed E-state index contributed by atoms with van der Waals surface area (Å²) in [5.74, 6) is 1.29. The van der Waals surface area contributed by atoms with Crippen molar-refractivity contribution in [3.63, 3.8) is 0 Å². The van der Waals surface area contributed by atoms with Crippen molar-refractivity contribution in [2.24, 2.45) is 0 Å². The molecule has 0 aliphatic carbocycles. The maximum atomic E-state index is 6.34. The minimum absolute atomic E-state index is 0.613. The van der Waals surface area contributed by atoms with Gasteiger partial charge in [-0.15, -0.1) is 11.3 Å². The Morgan fingerprint density at radius 2 is 0.942 bits per heavy atom. The second-order valence-electron chi connectivity index (χ2n) is 12.8. The molecule has 5 heteroatoms. The maximum absolute atomic E-state index is 6.34. The van der Waals surface area contributed by atoms with E-state index in [0.29, 0.717) is 11.7 Å². The average Bonchev–Trinajstić information content (AvgIpc) is 3.84. The molecule has 3 aromatic heterocycles. The first-order valence-electron chi connectivity index (χ1n) is 17.3. The highest BCUT2D eigenvalue weighted by Gasteiger charge is 2.20. The molecule has 0 radical (unpaired) electrons. The number of hydrogen-bond donors (Lipinski definition) is 0. The molecule has 0 fully saturated rings. The Labute approximate surface area is 304 Å². The van der Waals surface area contributed by atoms with Crippen LogP contribution in [0, 0.1) is 0 Å². The van der Waals surface area contributed by atoms with Gasteiger partial charge in [0.25, 0.3) is 0 Å². The molecule has 0 atom stereocenters. The first kappa shape index (κ1) is 30.2. The summed E-state index contributed by atoms with van der Waals surface area (Å²) >= 11 is 1.77. The molecule has 7 aromatic carbocycles. The van der Waals surface area contributed by atoms with Gasteiger partial charge in [0, 0.05) is 42.4 Å². The normalized spacial score (nSPS) is 11.5. The van der Waals surface area contributed by atoms with Crippen LogP contribution < -0.4 is 0 Å². The van der Waals surface area contributed by atoms with E-state index in [1.165, 1.54) is 15.0 Å². The number of aromatic nitrogens is 3. The van der Waals surface area contributed by atoms with Crippen LogP contribution in [0.4, 0.5) is 0 Å². The Morgan fingerprint density at radius 3 is 1.69 bits per heavy atom. The second kappa shape index (κ2) is 12.6. The number of nitrogens with zero attached hydrogens (tertiary/aromatic N) is 3. The Hall–Kier alpha value is -6.69. The van der Waals surface area contributed by atoms with Crippen molar-refractivity contribution in [3.8, 4) is 67.6 Å². The van der Waals surface area contributed by atoms with Crippen molar-refractivity contribution in [2.45, 2.75) is 0 Å². The Kier molecular flexibility index (Phi) is 7.29. The topological polar surface area (TPSA) is 51.8 Å². The zero-order valence-electron chi connectivity index (χ0n) is 27.9. The van der Waals surface area contributed by atoms with Gasteiger partial charge in [0.1, 0.15) is 5.52 Å². The standard InChI is InChI=1S/C47H29N3OS/c1-3-12-30(13-4-1)32-24-26-33(27-25-32)39-29-40(49-46(48-39)35-17-9-16-34(28-35)31-14-5-2-6-15-31)36-18-10-22-42-44(36)45-37(19-11-23-43(45)52-42)47-50-38-20-7-8-21-41(38)51-47/h1-29H. The van der Waals surface area contributed by atoms with Gasteiger partial charge >= 0.3 is 0 Å².